The Bertz CT molecular complexity index is 344. The molecular formula is C12H18ClNO. The van der Waals surface area contributed by atoms with Crippen LogP contribution >= 0.6 is 11.6 Å². The molecule has 1 aromatic carbocycles. The molecule has 0 fully saturated rings. The first-order valence-electron chi connectivity index (χ1n) is 5.04. The van der Waals surface area contributed by atoms with Crippen LogP contribution in [0.5, 0.6) is 0 Å². The van der Waals surface area contributed by atoms with Gasteiger partial charge in [-0.1, -0.05) is 38.4 Å². The molecule has 0 aliphatic carbocycles. The van der Waals surface area contributed by atoms with Crippen molar-refractivity contribution in [2.75, 3.05) is 6.54 Å². The second kappa shape index (κ2) is 4.52. The SMILES string of the molecule is CC(C)(C)c1ccc(Cl)cc1C(O)CN. The van der Waals surface area contributed by atoms with Crippen molar-refractivity contribution in [3.8, 4) is 0 Å². The Balaban J connectivity index is 3.27. The maximum atomic E-state index is 9.81. The van der Waals surface area contributed by atoms with Crippen LogP contribution in [0.2, 0.25) is 5.02 Å². The van der Waals surface area contributed by atoms with Crippen molar-refractivity contribution in [1.29, 1.82) is 0 Å². The van der Waals surface area contributed by atoms with Crippen LogP contribution in [0.1, 0.15) is 38.0 Å². The van der Waals surface area contributed by atoms with E-state index in [0.717, 1.165) is 11.1 Å². The number of aliphatic hydroxyl groups is 1. The van der Waals surface area contributed by atoms with Crippen LogP contribution in [0, 0.1) is 0 Å². The van der Waals surface area contributed by atoms with E-state index in [2.05, 4.69) is 20.8 Å². The molecule has 84 valence electrons. The van der Waals surface area contributed by atoms with E-state index in [0.29, 0.717) is 5.02 Å². The summed E-state index contributed by atoms with van der Waals surface area (Å²) in [5.41, 5.74) is 7.37. The van der Waals surface area contributed by atoms with Crippen molar-refractivity contribution in [1.82, 2.24) is 0 Å². The molecule has 0 aliphatic heterocycles. The van der Waals surface area contributed by atoms with Crippen molar-refractivity contribution < 1.29 is 5.11 Å². The Morgan fingerprint density at radius 1 is 1.40 bits per heavy atom. The molecule has 1 rings (SSSR count). The number of nitrogens with two attached hydrogens (primary N) is 1. The zero-order chi connectivity index (χ0) is 11.6. The van der Waals surface area contributed by atoms with Gasteiger partial charge in [0.25, 0.3) is 0 Å². The lowest BCUT2D eigenvalue weighted by Gasteiger charge is -2.25. The first-order chi connectivity index (χ1) is 6.86. The Morgan fingerprint density at radius 2 is 2.00 bits per heavy atom. The van der Waals surface area contributed by atoms with E-state index in [1.165, 1.54) is 0 Å². The van der Waals surface area contributed by atoms with Crippen molar-refractivity contribution in [3.05, 3.63) is 34.3 Å². The molecule has 3 N–H and O–H groups in total. The van der Waals surface area contributed by atoms with Gasteiger partial charge in [0, 0.05) is 11.6 Å². The summed E-state index contributed by atoms with van der Waals surface area (Å²) in [6.07, 6.45) is -0.641. The van der Waals surface area contributed by atoms with Crippen LogP contribution in [0.4, 0.5) is 0 Å². The highest BCUT2D eigenvalue weighted by Crippen LogP contribution is 2.31. The number of benzene rings is 1. The van der Waals surface area contributed by atoms with Gasteiger partial charge < -0.3 is 10.8 Å². The highest BCUT2D eigenvalue weighted by Gasteiger charge is 2.21. The summed E-state index contributed by atoms with van der Waals surface area (Å²) in [6.45, 7) is 6.51. The summed E-state index contributed by atoms with van der Waals surface area (Å²) in [5, 5.41) is 10.4. The monoisotopic (exact) mass is 227 g/mol. The van der Waals surface area contributed by atoms with Crippen LogP contribution in [0.25, 0.3) is 0 Å². The minimum absolute atomic E-state index is 0.0178. The minimum Gasteiger partial charge on any atom is -0.387 e. The number of aliphatic hydroxyl groups excluding tert-OH is 1. The molecule has 0 aromatic heterocycles. The van der Waals surface area contributed by atoms with Crippen LogP contribution in [-0.2, 0) is 5.41 Å². The third-order valence-electron chi connectivity index (χ3n) is 2.40. The maximum absolute atomic E-state index is 9.81. The molecule has 3 heteroatoms. The van der Waals surface area contributed by atoms with Crippen LogP contribution < -0.4 is 5.73 Å². The molecule has 0 aliphatic rings. The van der Waals surface area contributed by atoms with Gasteiger partial charge in [0.2, 0.25) is 0 Å². The van der Waals surface area contributed by atoms with E-state index in [-0.39, 0.29) is 12.0 Å². The fraction of sp³-hybridized carbons (Fsp3) is 0.500. The summed E-state index contributed by atoms with van der Waals surface area (Å²) < 4.78 is 0. The zero-order valence-electron chi connectivity index (χ0n) is 9.42. The number of rotatable bonds is 2. The third-order valence-corrected chi connectivity index (χ3v) is 2.64. The highest BCUT2D eigenvalue weighted by molar-refractivity contribution is 6.30. The molecule has 0 spiro atoms. The van der Waals surface area contributed by atoms with Gasteiger partial charge in [-0.2, -0.15) is 0 Å². The molecule has 0 bridgehead atoms. The predicted molar refractivity (Wildman–Crippen MR) is 64.2 cm³/mol. The zero-order valence-corrected chi connectivity index (χ0v) is 10.2. The quantitative estimate of drug-likeness (QED) is 0.816. The lowest BCUT2D eigenvalue weighted by Crippen LogP contribution is -2.19. The summed E-state index contributed by atoms with van der Waals surface area (Å²) in [6, 6.07) is 5.59. The summed E-state index contributed by atoms with van der Waals surface area (Å²) in [5.74, 6) is 0. The molecular weight excluding hydrogens is 210 g/mol. The number of hydrogen-bond donors (Lipinski definition) is 2. The first-order valence-corrected chi connectivity index (χ1v) is 5.42. The molecule has 0 heterocycles. The topological polar surface area (TPSA) is 46.2 Å². The fourth-order valence-electron chi connectivity index (χ4n) is 1.62. The van der Waals surface area contributed by atoms with E-state index in [4.69, 9.17) is 17.3 Å². The largest absolute Gasteiger partial charge is 0.387 e. The van der Waals surface area contributed by atoms with Crippen LogP contribution in [0.15, 0.2) is 18.2 Å². The Hall–Kier alpha value is -0.570. The van der Waals surface area contributed by atoms with Crippen LogP contribution in [0.3, 0.4) is 0 Å². The molecule has 1 atom stereocenters. The highest BCUT2D eigenvalue weighted by atomic mass is 35.5. The van der Waals surface area contributed by atoms with E-state index < -0.39 is 6.10 Å². The first kappa shape index (κ1) is 12.5. The van der Waals surface area contributed by atoms with Gasteiger partial charge in [-0.15, -0.1) is 0 Å². The lowest BCUT2D eigenvalue weighted by molar-refractivity contribution is 0.184. The fourth-order valence-corrected chi connectivity index (χ4v) is 1.80. The molecule has 0 saturated heterocycles. The molecule has 0 amide bonds. The predicted octanol–water partition coefficient (Wildman–Crippen LogP) is 2.63. The summed E-state index contributed by atoms with van der Waals surface area (Å²) in [7, 11) is 0. The van der Waals surface area contributed by atoms with Crippen molar-refractivity contribution in [2.45, 2.75) is 32.3 Å². The van der Waals surface area contributed by atoms with E-state index in [1.54, 1.807) is 6.07 Å². The van der Waals surface area contributed by atoms with Gasteiger partial charge in [-0.25, -0.2) is 0 Å². The van der Waals surface area contributed by atoms with Gasteiger partial charge in [-0.05, 0) is 28.7 Å². The van der Waals surface area contributed by atoms with Crippen molar-refractivity contribution in [3.63, 3.8) is 0 Å². The van der Waals surface area contributed by atoms with Gasteiger partial charge in [-0.3, -0.25) is 0 Å². The second-order valence-corrected chi connectivity index (χ2v) is 5.17. The second-order valence-electron chi connectivity index (χ2n) is 4.73. The van der Waals surface area contributed by atoms with Crippen molar-refractivity contribution in [2.24, 2.45) is 5.73 Å². The van der Waals surface area contributed by atoms with Gasteiger partial charge in [0.1, 0.15) is 0 Å². The Kier molecular flexibility index (Phi) is 3.77. The van der Waals surface area contributed by atoms with Gasteiger partial charge >= 0.3 is 0 Å². The van der Waals surface area contributed by atoms with Crippen LogP contribution in [-0.4, -0.2) is 11.7 Å². The maximum Gasteiger partial charge on any atom is 0.0915 e. The van der Waals surface area contributed by atoms with Gasteiger partial charge in [0.15, 0.2) is 0 Å². The molecule has 1 aromatic rings. The molecule has 0 saturated carbocycles. The van der Waals surface area contributed by atoms with Gasteiger partial charge in [0.05, 0.1) is 6.10 Å². The molecule has 2 nitrogen and oxygen atoms in total. The number of halogens is 1. The normalized spacial score (nSPS) is 14.0. The lowest BCUT2D eigenvalue weighted by atomic mass is 9.82. The standard InChI is InChI=1S/C12H18ClNO/c1-12(2,3)10-5-4-8(13)6-9(10)11(15)7-14/h4-6,11,15H,7,14H2,1-3H3. The molecule has 15 heavy (non-hydrogen) atoms. The Morgan fingerprint density at radius 3 is 2.47 bits per heavy atom. The van der Waals surface area contributed by atoms with Crippen molar-refractivity contribution >= 4 is 11.6 Å². The van der Waals surface area contributed by atoms with E-state index >= 15 is 0 Å². The number of hydrogen-bond acceptors (Lipinski definition) is 2. The third kappa shape index (κ3) is 2.94. The smallest absolute Gasteiger partial charge is 0.0915 e. The molecule has 0 radical (unpaired) electrons. The Labute approximate surface area is 96.1 Å². The summed E-state index contributed by atoms with van der Waals surface area (Å²) >= 11 is 5.92. The summed E-state index contributed by atoms with van der Waals surface area (Å²) in [4.78, 5) is 0. The average Bonchev–Trinajstić information content (AvgIpc) is 2.14. The molecule has 1 unspecified atom stereocenters. The average molecular weight is 228 g/mol. The van der Waals surface area contributed by atoms with E-state index in [1.807, 2.05) is 12.1 Å². The minimum atomic E-state index is -0.641. The van der Waals surface area contributed by atoms with E-state index in [9.17, 15) is 5.11 Å².